The Morgan fingerprint density at radius 1 is 1.20 bits per heavy atom. The van der Waals surface area contributed by atoms with Crippen LogP contribution in [0.3, 0.4) is 0 Å². The van der Waals surface area contributed by atoms with Gasteiger partial charge in [0.1, 0.15) is 5.56 Å². The summed E-state index contributed by atoms with van der Waals surface area (Å²) >= 11 is 0. The van der Waals surface area contributed by atoms with E-state index in [4.69, 9.17) is 4.74 Å². The molecule has 0 fully saturated rings. The highest BCUT2D eigenvalue weighted by atomic mass is 32.2. The molecule has 0 bridgehead atoms. The number of aryl methyl sites for hydroxylation is 2. The van der Waals surface area contributed by atoms with Crippen LogP contribution in [0.1, 0.15) is 41.8 Å². The molecule has 0 saturated heterocycles. The number of sulfone groups is 1. The van der Waals surface area contributed by atoms with Crippen LogP contribution in [0.25, 0.3) is 16.7 Å². The summed E-state index contributed by atoms with van der Waals surface area (Å²) in [5.41, 5.74) is 2.52. The standard InChI is InChI=1S/C21H21N3O5S/c1-3-29-20(26)17-12-24(15-9-8-13-6-5-7-14(13)10-15)19-16(18(17)25)11-22-21(23-19)30(27,28)4-2/h8-12H,3-7H2,1-2H3. The van der Waals surface area contributed by atoms with Gasteiger partial charge in [0.05, 0.1) is 17.7 Å². The normalized spacial score (nSPS) is 13.4. The minimum absolute atomic E-state index is 0.0519. The van der Waals surface area contributed by atoms with Gasteiger partial charge in [-0.25, -0.2) is 18.2 Å². The smallest absolute Gasteiger partial charge is 0.343 e. The first-order valence-electron chi connectivity index (χ1n) is 9.80. The van der Waals surface area contributed by atoms with Crippen LogP contribution in [-0.2, 0) is 27.4 Å². The zero-order chi connectivity index (χ0) is 21.5. The molecule has 2 aromatic heterocycles. The molecule has 156 valence electrons. The van der Waals surface area contributed by atoms with Crippen molar-refractivity contribution in [1.29, 1.82) is 0 Å². The lowest BCUT2D eigenvalue weighted by molar-refractivity contribution is 0.0524. The van der Waals surface area contributed by atoms with Gasteiger partial charge in [-0.3, -0.25) is 4.79 Å². The Labute approximate surface area is 173 Å². The van der Waals surface area contributed by atoms with E-state index in [9.17, 15) is 18.0 Å². The van der Waals surface area contributed by atoms with E-state index < -0.39 is 21.2 Å². The molecule has 1 aromatic carbocycles. The number of aromatic nitrogens is 3. The van der Waals surface area contributed by atoms with Crippen LogP contribution in [0, 0.1) is 0 Å². The van der Waals surface area contributed by atoms with Crippen LogP contribution >= 0.6 is 0 Å². The Bertz CT molecular complexity index is 1330. The third kappa shape index (κ3) is 3.39. The molecule has 0 radical (unpaired) electrons. The summed E-state index contributed by atoms with van der Waals surface area (Å²) in [6, 6.07) is 5.87. The predicted molar refractivity (Wildman–Crippen MR) is 111 cm³/mol. The van der Waals surface area contributed by atoms with Crippen molar-refractivity contribution in [3.63, 3.8) is 0 Å². The molecule has 1 aliphatic carbocycles. The second kappa shape index (κ2) is 7.64. The Morgan fingerprint density at radius 2 is 1.97 bits per heavy atom. The van der Waals surface area contributed by atoms with Gasteiger partial charge in [-0.2, -0.15) is 4.98 Å². The average Bonchev–Trinajstić information content (AvgIpc) is 3.21. The number of benzene rings is 1. The minimum Gasteiger partial charge on any atom is -0.462 e. The number of esters is 1. The largest absolute Gasteiger partial charge is 0.462 e. The average molecular weight is 427 g/mol. The monoisotopic (exact) mass is 427 g/mol. The lowest BCUT2D eigenvalue weighted by Gasteiger charge is -2.14. The quantitative estimate of drug-likeness (QED) is 0.454. The van der Waals surface area contributed by atoms with Gasteiger partial charge in [0.25, 0.3) is 0 Å². The van der Waals surface area contributed by atoms with E-state index in [1.165, 1.54) is 30.4 Å². The maximum absolute atomic E-state index is 12.9. The molecular weight excluding hydrogens is 406 g/mol. The zero-order valence-electron chi connectivity index (χ0n) is 16.7. The van der Waals surface area contributed by atoms with Gasteiger partial charge in [0.2, 0.25) is 20.4 Å². The Hall–Kier alpha value is -3.07. The fourth-order valence-electron chi connectivity index (χ4n) is 3.63. The molecule has 9 heteroatoms. The van der Waals surface area contributed by atoms with Crippen LogP contribution in [0.2, 0.25) is 0 Å². The van der Waals surface area contributed by atoms with Crippen LogP contribution in [0.15, 0.2) is 40.5 Å². The number of hydrogen-bond donors (Lipinski definition) is 0. The molecule has 0 spiro atoms. The van der Waals surface area contributed by atoms with Crippen LogP contribution in [-0.4, -0.2) is 41.3 Å². The van der Waals surface area contributed by atoms with Crippen molar-refractivity contribution in [2.45, 2.75) is 38.3 Å². The molecule has 1 aliphatic rings. The third-order valence-electron chi connectivity index (χ3n) is 5.24. The molecular formula is C21H21N3O5S. The molecule has 0 saturated carbocycles. The number of fused-ring (bicyclic) bond motifs is 2. The maximum Gasteiger partial charge on any atom is 0.343 e. The van der Waals surface area contributed by atoms with E-state index in [0.717, 1.165) is 19.3 Å². The molecule has 0 unspecified atom stereocenters. The molecule has 0 aliphatic heterocycles. The van der Waals surface area contributed by atoms with E-state index in [-0.39, 0.29) is 34.1 Å². The molecule has 0 atom stereocenters. The second-order valence-electron chi connectivity index (χ2n) is 7.06. The van der Waals surface area contributed by atoms with Gasteiger partial charge in [-0.15, -0.1) is 0 Å². The highest BCUT2D eigenvalue weighted by Crippen LogP contribution is 2.26. The van der Waals surface area contributed by atoms with Crippen molar-refractivity contribution in [3.8, 4) is 5.69 Å². The van der Waals surface area contributed by atoms with Gasteiger partial charge in [0, 0.05) is 18.1 Å². The Balaban J connectivity index is 2.04. The summed E-state index contributed by atoms with van der Waals surface area (Å²) in [4.78, 5) is 33.4. The molecule has 4 rings (SSSR count). The van der Waals surface area contributed by atoms with Crippen LogP contribution in [0.4, 0.5) is 0 Å². The summed E-state index contributed by atoms with van der Waals surface area (Å²) in [5.74, 6) is -0.910. The lowest BCUT2D eigenvalue weighted by atomic mass is 10.1. The van der Waals surface area contributed by atoms with Crippen LogP contribution in [0.5, 0.6) is 0 Å². The molecule has 8 nitrogen and oxygen atoms in total. The van der Waals surface area contributed by atoms with Crippen molar-refractivity contribution in [3.05, 3.63) is 57.5 Å². The topological polar surface area (TPSA) is 108 Å². The summed E-state index contributed by atoms with van der Waals surface area (Å²) in [7, 11) is -3.68. The van der Waals surface area contributed by atoms with Crippen molar-refractivity contribution < 1.29 is 17.9 Å². The Morgan fingerprint density at radius 3 is 2.70 bits per heavy atom. The van der Waals surface area contributed by atoms with Crippen molar-refractivity contribution in [2.75, 3.05) is 12.4 Å². The van der Waals surface area contributed by atoms with E-state index in [2.05, 4.69) is 9.97 Å². The van der Waals surface area contributed by atoms with Gasteiger partial charge in [-0.1, -0.05) is 13.0 Å². The van der Waals surface area contributed by atoms with E-state index in [1.807, 2.05) is 18.2 Å². The van der Waals surface area contributed by atoms with Gasteiger partial charge in [-0.05, 0) is 49.4 Å². The number of carbonyl (C=O) groups is 1. The fraction of sp³-hybridized carbons (Fsp3) is 0.333. The first-order valence-corrected chi connectivity index (χ1v) is 11.5. The molecule has 2 heterocycles. The zero-order valence-corrected chi connectivity index (χ0v) is 17.5. The van der Waals surface area contributed by atoms with E-state index in [0.29, 0.717) is 5.69 Å². The minimum atomic E-state index is -3.68. The number of carbonyl (C=O) groups excluding carboxylic acids is 1. The summed E-state index contributed by atoms with van der Waals surface area (Å²) in [6.45, 7) is 3.28. The first-order chi connectivity index (χ1) is 14.4. The highest BCUT2D eigenvalue weighted by Gasteiger charge is 2.22. The fourth-order valence-corrected chi connectivity index (χ4v) is 4.33. The van der Waals surface area contributed by atoms with Crippen molar-refractivity contribution in [1.82, 2.24) is 14.5 Å². The first kappa shape index (κ1) is 20.2. The third-order valence-corrected chi connectivity index (χ3v) is 6.75. The SMILES string of the molecule is CCOC(=O)c1cn(-c2ccc3c(c2)CCC3)c2nc(S(=O)(=O)CC)ncc2c1=O. The van der Waals surface area contributed by atoms with Gasteiger partial charge < -0.3 is 9.30 Å². The molecule has 0 amide bonds. The number of nitrogens with zero attached hydrogens (tertiary/aromatic N) is 3. The number of pyridine rings is 1. The van der Waals surface area contributed by atoms with Gasteiger partial charge in [0.15, 0.2) is 5.65 Å². The molecule has 3 aromatic rings. The van der Waals surface area contributed by atoms with Crippen molar-refractivity contribution in [2.24, 2.45) is 0 Å². The van der Waals surface area contributed by atoms with Crippen molar-refractivity contribution >= 4 is 26.8 Å². The number of ether oxygens (including phenoxy) is 1. The summed E-state index contributed by atoms with van der Waals surface area (Å²) in [5, 5.41) is -0.299. The van der Waals surface area contributed by atoms with Crippen LogP contribution < -0.4 is 5.43 Å². The highest BCUT2D eigenvalue weighted by molar-refractivity contribution is 7.91. The van der Waals surface area contributed by atoms with Gasteiger partial charge >= 0.3 is 5.97 Å². The van der Waals surface area contributed by atoms with E-state index >= 15 is 0 Å². The summed E-state index contributed by atoms with van der Waals surface area (Å²) in [6.07, 6.45) is 5.56. The summed E-state index contributed by atoms with van der Waals surface area (Å²) < 4.78 is 31.2. The lowest BCUT2D eigenvalue weighted by Crippen LogP contribution is -2.22. The van der Waals surface area contributed by atoms with E-state index in [1.54, 1.807) is 11.5 Å². The maximum atomic E-state index is 12.9. The predicted octanol–water partition coefficient (Wildman–Crippen LogP) is 2.24. The number of hydrogen-bond acceptors (Lipinski definition) is 7. The molecule has 0 N–H and O–H groups in total. The molecule has 30 heavy (non-hydrogen) atoms. The number of rotatable bonds is 5. The second-order valence-corrected chi connectivity index (χ2v) is 9.23. The Kier molecular flexibility index (Phi) is 5.15.